The SMILES string of the molecule is COc1cc(C(=O)Nc2cccc(C(C)O)c2)cc(OC)c1OC. The van der Waals surface area contributed by atoms with Crippen LogP contribution in [0.15, 0.2) is 36.4 Å². The zero-order chi connectivity index (χ0) is 17.7. The van der Waals surface area contributed by atoms with E-state index in [1.54, 1.807) is 43.3 Å². The van der Waals surface area contributed by atoms with Gasteiger partial charge in [-0.2, -0.15) is 0 Å². The van der Waals surface area contributed by atoms with Crippen molar-refractivity contribution in [2.75, 3.05) is 26.6 Å². The number of anilines is 1. The highest BCUT2D eigenvalue weighted by Crippen LogP contribution is 2.38. The Labute approximate surface area is 141 Å². The second-order valence-corrected chi connectivity index (χ2v) is 5.17. The fraction of sp³-hybridized carbons (Fsp3) is 0.278. The molecule has 0 saturated heterocycles. The maximum Gasteiger partial charge on any atom is 0.255 e. The number of methoxy groups -OCH3 is 3. The van der Waals surface area contributed by atoms with Gasteiger partial charge < -0.3 is 24.6 Å². The van der Waals surface area contributed by atoms with Crippen LogP contribution in [-0.4, -0.2) is 32.3 Å². The van der Waals surface area contributed by atoms with Crippen molar-refractivity contribution < 1.29 is 24.1 Å². The van der Waals surface area contributed by atoms with Crippen LogP contribution in [0.3, 0.4) is 0 Å². The first-order valence-corrected chi connectivity index (χ1v) is 7.39. The molecule has 24 heavy (non-hydrogen) atoms. The molecule has 0 heterocycles. The van der Waals surface area contributed by atoms with Crippen molar-refractivity contribution in [2.45, 2.75) is 13.0 Å². The van der Waals surface area contributed by atoms with E-state index in [-0.39, 0.29) is 5.91 Å². The summed E-state index contributed by atoms with van der Waals surface area (Å²) in [5, 5.41) is 12.4. The minimum Gasteiger partial charge on any atom is -0.493 e. The van der Waals surface area contributed by atoms with Crippen LogP contribution in [0.5, 0.6) is 17.2 Å². The quantitative estimate of drug-likeness (QED) is 0.851. The molecule has 0 fully saturated rings. The van der Waals surface area contributed by atoms with Crippen LogP contribution in [0.25, 0.3) is 0 Å². The summed E-state index contributed by atoms with van der Waals surface area (Å²) in [6, 6.07) is 10.2. The molecule has 1 atom stereocenters. The summed E-state index contributed by atoms with van der Waals surface area (Å²) in [4.78, 5) is 12.5. The van der Waals surface area contributed by atoms with E-state index < -0.39 is 6.10 Å². The number of nitrogens with one attached hydrogen (secondary N) is 1. The van der Waals surface area contributed by atoms with Crippen LogP contribution in [0, 0.1) is 0 Å². The lowest BCUT2D eigenvalue weighted by Crippen LogP contribution is -2.13. The first-order valence-electron chi connectivity index (χ1n) is 7.39. The minimum atomic E-state index is -0.608. The average Bonchev–Trinajstić information content (AvgIpc) is 2.60. The van der Waals surface area contributed by atoms with Gasteiger partial charge in [-0.25, -0.2) is 0 Å². The number of ether oxygens (including phenoxy) is 3. The second kappa shape index (κ2) is 7.70. The van der Waals surface area contributed by atoms with Gasteiger partial charge in [-0.05, 0) is 36.8 Å². The molecule has 2 aromatic rings. The van der Waals surface area contributed by atoms with Gasteiger partial charge >= 0.3 is 0 Å². The predicted molar refractivity (Wildman–Crippen MR) is 91.1 cm³/mol. The number of aliphatic hydroxyl groups is 1. The van der Waals surface area contributed by atoms with E-state index >= 15 is 0 Å². The van der Waals surface area contributed by atoms with Crippen molar-refractivity contribution in [3.05, 3.63) is 47.5 Å². The summed E-state index contributed by atoms with van der Waals surface area (Å²) < 4.78 is 15.7. The molecule has 6 nitrogen and oxygen atoms in total. The number of hydrogen-bond acceptors (Lipinski definition) is 5. The summed E-state index contributed by atoms with van der Waals surface area (Å²) in [6.45, 7) is 1.67. The van der Waals surface area contributed by atoms with Crippen molar-refractivity contribution in [1.82, 2.24) is 0 Å². The molecule has 0 aliphatic carbocycles. The van der Waals surface area contributed by atoms with Crippen LogP contribution in [-0.2, 0) is 0 Å². The third kappa shape index (κ3) is 3.78. The zero-order valence-electron chi connectivity index (χ0n) is 14.1. The average molecular weight is 331 g/mol. The molecule has 0 radical (unpaired) electrons. The van der Waals surface area contributed by atoms with Crippen molar-refractivity contribution >= 4 is 11.6 Å². The molecule has 0 aliphatic rings. The van der Waals surface area contributed by atoms with Crippen LogP contribution in [0.2, 0.25) is 0 Å². The largest absolute Gasteiger partial charge is 0.493 e. The zero-order valence-corrected chi connectivity index (χ0v) is 14.1. The Balaban J connectivity index is 2.31. The number of carbonyl (C=O) groups excluding carboxylic acids is 1. The van der Waals surface area contributed by atoms with E-state index in [4.69, 9.17) is 14.2 Å². The van der Waals surface area contributed by atoms with E-state index in [2.05, 4.69) is 5.32 Å². The Morgan fingerprint density at radius 1 is 1.04 bits per heavy atom. The molecule has 2 aromatic carbocycles. The highest BCUT2D eigenvalue weighted by Gasteiger charge is 2.17. The van der Waals surface area contributed by atoms with Gasteiger partial charge in [0.1, 0.15) is 0 Å². The second-order valence-electron chi connectivity index (χ2n) is 5.17. The molecule has 6 heteroatoms. The lowest BCUT2D eigenvalue weighted by Gasteiger charge is -2.14. The molecule has 2 rings (SSSR count). The maximum absolute atomic E-state index is 12.5. The first kappa shape index (κ1) is 17.6. The fourth-order valence-electron chi connectivity index (χ4n) is 2.29. The van der Waals surface area contributed by atoms with E-state index in [9.17, 15) is 9.90 Å². The van der Waals surface area contributed by atoms with Crippen LogP contribution < -0.4 is 19.5 Å². The van der Waals surface area contributed by atoms with Gasteiger partial charge in [-0.1, -0.05) is 12.1 Å². The smallest absolute Gasteiger partial charge is 0.255 e. The van der Waals surface area contributed by atoms with Crippen LogP contribution in [0.4, 0.5) is 5.69 Å². The molecular formula is C18H21NO5. The van der Waals surface area contributed by atoms with Gasteiger partial charge in [-0.3, -0.25) is 4.79 Å². The summed E-state index contributed by atoms with van der Waals surface area (Å²) in [5.74, 6) is 0.907. The highest BCUT2D eigenvalue weighted by atomic mass is 16.5. The van der Waals surface area contributed by atoms with E-state index in [1.165, 1.54) is 21.3 Å². The topological polar surface area (TPSA) is 77.0 Å². The summed E-state index contributed by atoms with van der Waals surface area (Å²) in [5.41, 5.74) is 1.68. The first-order chi connectivity index (χ1) is 11.5. The molecule has 1 unspecified atom stereocenters. The normalized spacial score (nSPS) is 11.5. The molecule has 1 amide bonds. The van der Waals surface area contributed by atoms with Gasteiger partial charge in [0.25, 0.3) is 5.91 Å². The van der Waals surface area contributed by atoms with E-state index in [0.29, 0.717) is 28.5 Å². The van der Waals surface area contributed by atoms with Gasteiger partial charge in [0, 0.05) is 11.3 Å². The van der Waals surface area contributed by atoms with E-state index in [1.807, 2.05) is 0 Å². The Morgan fingerprint density at radius 3 is 2.17 bits per heavy atom. The van der Waals surface area contributed by atoms with Crippen molar-refractivity contribution in [3.63, 3.8) is 0 Å². The number of rotatable bonds is 6. The maximum atomic E-state index is 12.5. The Hall–Kier alpha value is -2.73. The molecule has 0 aromatic heterocycles. The lowest BCUT2D eigenvalue weighted by molar-refractivity contribution is 0.102. The van der Waals surface area contributed by atoms with Gasteiger partial charge in [0.15, 0.2) is 11.5 Å². The summed E-state index contributed by atoms with van der Waals surface area (Å²) >= 11 is 0. The monoisotopic (exact) mass is 331 g/mol. The van der Waals surface area contributed by atoms with Gasteiger partial charge in [0.2, 0.25) is 5.75 Å². The van der Waals surface area contributed by atoms with Crippen LogP contribution >= 0.6 is 0 Å². The van der Waals surface area contributed by atoms with Crippen LogP contribution in [0.1, 0.15) is 28.9 Å². The predicted octanol–water partition coefficient (Wildman–Crippen LogP) is 3.02. The summed E-state index contributed by atoms with van der Waals surface area (Å²) in [7, 11) is 4.48. The Bertz CT molecular complexity index is 702. The van der Waals surface area contributed by atoms with Gasteiger partial charge in [0.05, 0.1) is 27.4 Å². The molecule has 0 bridgehead atoms. The third-order valence-electron chi connectivity index (χ3n) is 3.55. The lowest BCUT2D eigenvalue weighted by atomic mass is 10.1. The third-order valence-corrected chi connectivity index (χ3v) is 3.55. The Kier molecular flexibility index (Phi) is 5.65. The van der Waals surface area contributed by atoms with Gasteiger partial charge in [-0.15, -0.1) is 0 Å². The Morgan fingerprint density at radius 2 is 1.67 bits per heavy atom. The molecule has 2 N–H and O–H groups in total. The fourth-order valence-corrected chi connectivity index (χ4v) is 2.29. The number of carbonyl (C=O) groups is 1. The number of amides is 1. The highest BCUT2D eigenvalue weighted by molar-refractivity contribution is 6.05. The number of benzene rings is 2. The van der Waals surface area contributed by atoms with Crippen molar-refractivity contribution in [1.29, 1.82) is 0 Å². The van der Waals surface area contributed by atoms with Crippen molar-refractivity contribution in [3.8, 4) is 17.2 Å². The minimum absolute atomic E-state index is 0.322. The number of aliphatic hydroxyl groups excluding tert-OH is 1. The molecular weight excluding hydrogens is 310 g/mol. The molecule has 0 saturated carbocycles. The number of hydrogen-bond donors (Lipinski definition) is 2. The summed E-state index contributed by atoms with van der Waals surface area (Å²) in [6.07, 6.45) is -0.608. The standard InChI is InChI=1S/C18H21NO5/c1-11(20)12-6-5-7-14(8-12)19-18(21)13-9-15(22-2)17(24-4)16(10-13)23-3/h5-11,20H,1-4H3,(H,19,21). The molecule has 0 spiro atoms. The molecule has 128 valence electrons. The van der Waals surface area contributed by atoms with Crippen molar-refractivity contribution in [2.24, 2.45) is 0 Å². The molecule has 0 aliphatic heterocycles. The van der Waals surface area contributed by atoms with E-state index in [0.717, 1.165) is 5.56 Å².